The molecule has 0 saturated heterocycles. The van der Waals surface area contributed by atoms with E-state index in [0.29, 0.717) is 30.0 Å². The van der Waals surface area contributed by atoms with Crippen molar-refractivity contribution in [1.29, 1.82) is 5.26 Å². The Kier molecular flexibility index (Phi) is 5.59. The average Bonchev–Trinajstić information content (AvgIpc) is 2.56. The molecule has 0 saturated carbocycles. The predicted molar refractivity (Wildman–Crippen MR) is 89.5 cm³/mol. The summed E-state index contributed by atoms with van der Waals surface area (Å²) in [6.07, 6.45) is 0.789. The van der Waals surface area contributed by atoms with Crippen molar-refractivity contribution in [3.8, 4) is 11.8 Å². The van der Waals surface area contributed by atoms with E-state index < -0.39 is 5.91 Å². The Hall–Kier alpha value is -3.00. The zero-order valence-electron chi connectivity index (χ0n) is 13.0. The van der Waals surface area contributed by atoms with Crippen molar-refractivity contribution in [2.75, 3.05) is 18.5 Å². The third-order valence-electron chi connectivity index (χ3n) is 3.47. The number of primary amides is 1. The highest BCUT2D eigenvalue weighted by atomic mass is 16.5. The van der Waals surface area contributed by atoms with Crippen LogP contribution in [0.1, 0.15) is 27.9 Å². The van der Waals surface area contributed by atoms with E-state index in [0.717, 1.165) is 17.7 Å². The van der Waals surface area contributed by atoms with E-state index in [1.165, 1.54) is 0 Å². The molecule has 0 fully saturated rings. The molecule has 3 N–H and O–H groups in total. The Morgan fingerprint density at radius 2 is 2.09 bits per heavy atom. The third-order valence-corrected chi connectivity index (χ3v) is 3.47. The van der Waals surface area contributed by atoms with E-state index in [1.807, 2.05) is 19.1 Å². The van der Waals surface area contributed by atoms with Crippen LogP contribution in [0.4, 0.5) is 5.69 Å². The number of nitrogens with two attached hydrogens (primary N) is 1. The summed E-state index contributed by atoms with van der Waals surface area (Å²) >= 11 is 0. The van der Waals surface area contributed by atoms with Gasteiger partial charge in [-0.05, 0) is 49.2 Å². The normalized spacial score (nSPS) is 9.91. The number of carbonyl (C=O) groups is 1. The fraction of sp³-hybridized carbons (Fsp3) is 0.222. The first-order valence-electron chi connectivity index (χ1n) is 7.38. The quantitative estimate of drug-likeness (QED) is 0.770. The summed E-state index contributed by atoms with van der Waals surface area (Å²) in [6, 6.07) is 14.6. The highest BCUT2D eigenvalue weighted by Crippen LogP contribution is 2.18. The Morgan fingerprint density at radius 1 is 1.30 bits per heavy atom. The van der Waals surface area contributed by atoms with Gasteiger partial charge in [0.05, 0.1) is 18.2 Å². The second kappa shape index (κ2) is 7.85. The number of ether oxygens (including phenoxy) is 1. The largest absolute Gasteiger partial charge is 0.493 e. The monoisotopic (exact) mass is 309 g/mol. The Morgan fingerprint density at radius 3 is 2.83 bits per heavy atom. The molecule has 0 aliphatic heterocycles. The second-order valence-electron chi connectivity index (χ2n) is 5.11. The van der Waals surface area contributed by atoms with Crippen LogP contribution in [-0.4, -0.2) is 19.1 Å². The van der Waals surface area contributed by atoms with E-state index in [-0.39, 0.29) is 0 Å². The van der Waals surface area contributed by atoms with E-state index in [1.54, 1.807) is 30.3 Å². The van der Waals surface area contributed by atoms with Crippen molar-refractivity contribution >= 4 is 11.6 Å². The van der Waals surface area contributed by atoms with Gasteiger partial charge in [0.15, 0.2) is 0 Å². The number of carbonyl (C=O) groups excluding carboxylic acids is 1. The predicted octanol–water partition coefficient (Wildman–Crippen LogP) is 2.85. The van der Waals surface area contributed by atoms with E-state index >= 15 is 0 Å². The molecule has 0 heterocycles. The minimum absolute atomic E-state index is 0.424. The third kappa shape index (κ3) is 4.48. The smallest absolute Gasteiger partial charge is 0.249 e. The molecule has 0 aromatic heterocycles. The molecule has 1 amide bonds. The second-order valence-corrected chi connectivity index (χ2v) is 5.11. The molecule has 0 unspecified atom stereocenters. The molecule has 0 radical (unpaired) electrons. The lowest BCUT2D eigenvalue weighted by molar-refractivity contribution is 0.1000. The number of nitriles is 1. The zero-order chi connectivity index (χ0) is 16.7. The molecule has 0 aliphatic rings. The minimum Gasteiger partial charge on any atom is -0.493 e. The van der Waals surface area contributed by atoms with Gasteiger partial charge in [0.1, 0.15) is 5.75 Å². The van der Waals surface area contributed by atoms with Crippen molar-refractivity contribution in [3.05, 3.63) is 59.2 Å². The van der Waals surface area contributed by atoms with Gasteiger partial charge < -0.3 is 15.8 Å². The van der Waals surface area contributed by atoms with Crippen molar-refractivity contribution in [1.82, 2.24) is 0 Å². The molecule has 0 aliphatic carbocycles. The summed E-state index contributed by atoms with van der Waals surface area (Å²) in [5.41, 5.74) is 8.19. The number of nitrogens with zero attached hydrogens (tertiary/aromatic N) is 1. The van der Waals surface area contributed by atoms with Crippen LogP contribution >= 0.6 is 0 Å². The number of benzene rings is 2. The van der Waals surface area contributed by atoms with Gasteiger partial charge >= 0.3 is 0 Å². The van der Waals surface area contributed by atoms with Crippen LogP contribution in [0.2, 0.25) is 0 Å². The van der Waals surface area contributed by atoms with Crippen molar-refractivity contribution in [2.45, 2.75) is 13.3 Å². The van der Waals surface area contributed by atoms with Gasteiger partial charge in [-0.15, -0.1) is 0 Å². The molecule has 23 heavy (non-hydrogen) atoms. The van der Waals surface area contributed by atoms with Crippen LogP contribution in [0.3, 0.4) is 0 Å². The molecule has 118 valence electrons. The maximum absolute atomic E-state index is 11.3. The fourth-order valence-corrected chi connectivity index (χ4v) is 2.23. The minimum atomic E-state index is -0.424. The number of nitrogens with one attached hydrogen (secondary N) is 1. The highest BCUT2D eigenvalue weighted by molar-refractivity contribution is 5.95. The molecule has 5 nitrogen and oxygen atoms in total. The molecule has 2 aromatic carbocycles. The Labute approximate surface area is 135 Å². The fourth-order valence-electron chi connectivity index (χ4n) is 2.23. The van der Waals surface area contributed by atoms with E-state index in [2.05, 4.69) is 11.4 Å². The molecule has 0 bridgehead atoms. The van der Waals surface area contributed by atoms with Crippen molar-refractivity contribution in [2.24, 2.45) is 5.73 Å². The summed E-state index contributed by atoms with van der Waals surface area (Å²) in [5, 5.41) is 12.1. The summed E-state index contributed by atoms with van der Waals surface area (Å²) in [5.74, 6) is 0.266. The first-order chi connectivity index (χ1) is 11.1. The topological polar surface area (TPSA) is 88.1 Å². The molecular formula is C18H19N3O2. The molecule has 2 aromatic rings. The van der Waals surface area contributed by atoms with Gasteiger partial charge in [0.25, 0.3) is 0 Å². The first kappa shape index (κ1) is 16.4. The van der Waals surface area contributed by atoms with Gasteiger partial charge in [0, 0.05) is 17.8 Å². The SMILES string of the molecule is Cc1c(NCCCOc2cccc(C#N)c2)cccc1C(N)=O. The number of rotatable bonds is 7. The molecule has 0 spiro atoms. The van der Waals surface area contributed by atoms with Gasteiger partial charge in [-0.1, -0.05) is 12.1 Å². The van der Waals surface area contributed by atoms with Gasteiger partial charge in [-0.2, -0.15) is 5.26 Å². The van der Waals surface area contributed by atoms with Crippen LogP contribution in [0.15, 0.2) is 42.5 Å². The lowest BCUT2D eigenvalue weighted by atomic mass is 10.1. The number of hydrogen-bond acceptors (Lipinski definition) is 4. The van der Waals surface area contributed by atoms with Crippen molar-refractivity contribution < 1.29 is 9.53 Å². The summed E-state index contributed by atoms with van der Waals surface area (Å²) in [6.45, 7) is 3.11. The summed E-state index contributed by atoms with van der Waals surface area (Å²) in [4.78, 5) is 11.3. The Balaban J connectivity index is 1.81. The van der Waals surface area contributed by atoms with Crippen LogP contribution in [-0.2, 0) is 0 Å². The number of hydrogen-bond donors (Lipinski definition) is 2. The Bertz CT molecular complexity index is 735. The standard InChI is InChI=1S/C18H19N3O2/c1-13-16(18(20)22)7-3-8-17(13)21-9-4-10-23-15-6-2-5-14(11-15)12-19/h2-3,5-8,11,21H,4,9-10H2,1H3,(H2,20,22). The number of amides is 1. The maximum Gasteiger partial charge on any atom is 0.249 e. The number of anilines is 1. The lowest BCUT2D eigenvalue weighted by Crippen LogP contribution is -2.14. The highest BCUT2D eigenvalue weighted by Gasteiger charge is 2.07. The maximum atomic E-state index is 11.3. The van der Waals surface area contributed by atoms with Crippen LogP contribution in [0, 0.1) is 18.3 Å². The first-order valence-corrected chi connectivity index (χ1v) is 7.38. The van der Waals surface area contributed by atoms with Crippen molar-refractivity contribution in [3.63, 3.8) is 0 Å². The van der Waals surface area contributed by atoms with Crippen LogP contribution in [0.5, 0.6) is 5.75 Å². The zero-order valence-corrected chi connectivity index (χ0v) is 13.0. The van der Waals surface area contributed by atoms with E-state index in [4.69, 9.17) is 15.7 Å². The van der Waals surface area contributed by atoms with Crippen LogP contribution in [0.25, 0.3) is 0 Å². The molecular weight excluding hydrogens is 290 g/mol. The molecule has 5 heteroatoms. The van der Waals surface area contributed by atoms with Gasteiger partial charge in [0.2, 0.25) is 5.91 Å². The van der Waals surface area contributed by atoms with Gasteiger partial charge in [-0.25, -0.2) is 0 Å². The molecule has 2 rings (SSSR count). The summed E-state index contributed by atoms with van der Waals surface area (Å²) in [7, 11) is 0. The average molecular weight is 309 g/mol. The van der Waals surface area contributed by atoms with E-state index in [9.17, 15) is 4.79 Å². The van der Waals surface area contributed by atoms with Crippen LogP contribution < -0.4 is 15.8 Å². The lowest BCUT2D eigenvalue weighted by Gasteiger charge is -2.12. The summed E-state index contributed by atoms with van der Waals surface area (Å²) < 4.78 is 5.61. The molecule has 0 atom stereocenters. The van der Waals surface area contributed by atoms with Gasteiger partial charge in [-0.3, -0.25) is 4.79 Å².